The van der Waals surface area contributed by atoms with Crippen LogP contribution in [0, 0.1) is 0 Å². The van der Waals surface area contributed by atoms with Crippen molar-refractivity contribution < 1.29 is 25.5 Å². The zero-order valence-corrected chi connectivity index (χ0v) is 6.38. The minimum absolute atomic E-state index is 0.0649. The fourth-order valence-corrected chi connectivity index (χ4v) is 0.443. The Bertz CT molecular complexity index is 129. The van der Waals surface area contributed by atoms with Gasteiger partial charge in [0.05, 0.1) is 6.10 Å². The number of nitrogens with one attached hydrogen (secondary N) is 1. The lowest BCUT2D eigenvalue weighted by Crippen LogP contribution is -2.56. The van der Waals surface area contributed by atoms with E-state index in [4.69, 9.17) is 31.3 Å². The van der Waals surface area contributed by atoms with Crippen LogP contribution in [-0.4, -0.2) is 56.9 Å². The summed E-state index contributed by atoms with van der Waals surface area (Å²) in [6, 6.07) is 0. The Morgan fingerprint density at radius 2 is 1.75 bits per heavy atom. The molecular formula is C5H14N2O5. The predicted octanol–water partition coefficient (Wildman–Crippen LogP) is -4.16. The van der Waals surface area contributed by atoms with E-state index in [0.717, 1.165) is 0 Å². The van der Waals surface area contributed by atoms with Crippen LogP contribution >= 0.6 is 0 Å². The highest BCUT2D eigenvalue weighted by Crippen LogP contribution is 1.98. The first-order chi connectivity index (χ1) is 5.40. The van der Waals surface area contributed by atoms with Gasteiger partial charge in [0, 0.05) is 13.1 Å². The third kappa shape index (κ3) is 3.93. The zero-order valence-electron chi connectivity index (χ0n) is 6.38. The van der Waals surface area contributed by atoms with E-state index in [1.807, 2.05) is 5.32 Å². The van der Waals surface area contributed by atoms with Crippen molar-refractivity contribution in [3.63, 3.8) is 0 Å². The number of hydrogen-bond donors (Lipinski definition) is 7. The van der Waals surface area contributed by atoms with Crippen molar-refractivity contribution in [1.29, 1.82) is 0 Å². The molecule has 7 nitrogen and oxygen atoms in total. The molecule has 1 atom stereocenters. The first-order valence-corrected chi connectivity index (χ1v) is 3.34. The summed E-state index contributed by atoms with van der Waals surface area (Å²) in [5.74, 6) is -2.82. The maximum absolute atomic E-state index is 8.83. The standard InChI is InChI=1S/C5H14N2O5/c6-1-3(8)2-7-5(11,12)4(9)10/h3-4,7-12H,1-2,6H2. The van der Waals surface area contributed by atoms with E-state index in [2.05, 4.69) is 0 Å². The molecule has 0 aromatic carbocycles. The quantitative estimate of drug-likeness (QED) is 0.214. The molecular weight excluding hydrogens is 168 g/mol. The summed E-state index contributed by atoms with van der Waals surface area (Å²) < 4.78 is 0. The molecule has 0 rings (SSSR count). The minimum Gasteiger partial charge on any atom is -0.390 e. The lowest BCUT2D eigenvalue weighted by atomic mass is 10.3. The molecule has 0 aromatic rings. The summed E-state index contributed by atoms with van der Waals surface area (Å²) in [4.78, 5) is 0. The van der Waals surface area contributed by atoms with Crippen LogP contribution in [0.5, 0.6) is 0 Å². The van der Waals surface area contributed by atoms with Gasteiger partial charge in [-0.2, -0.15) is 0 Å². The number of aliphatic hydroxyl groups excluding tert-OH is 2. The van der Waals surface area contributed by atoms with Crippen molar-refractivity contribution in [2.75, 3.05) is 13.1 Å². The van der Waals surface area contributed by atoms with E-state index < -0.39 is 18.3 Å². The molecule has 0 spiro atoms. The Morgan fingerprint density at radius 1 is 1.25 bits per heavy atom. The van der Waals surface area contributed by atoms with Crippen LogP contribution in [0.2, 0.25) is 0 Å². The van der Waals surface area contributed by atoms with Crippen LogP contribution in [-0.2, 0) is 0 Å². The van der Waals surface area contributed by atoms with Crippen molar-refractivity contribution >= 4 is 0 Å². The van der Waals surface area contributed by atoms with E-state index in [1.54, 1.807) is 0 Å². The van der Waals surface area contributed by atoms with Gasteiger partial charge in [0.25, 0.3) is 5.91 Å². The summed E-state index contributed by atoms with van der Waals surface area (Å²) in [7, 11) is 0. The molecule has 0 fully saturated rings. The normalized spacial score (nSPS) is 15.2. The molecule has 1 unspecified atom stereocenters. The molecule has 0 amide bonds. The van der Waals surface area contributed by atoms with Gasteiger partial charge in [-0.05, 0) is 0 Å². The van der Waals surface area contributed by atoms with Gasteiger partial charge in [0.1, 0.15) is 0 Å². The Balaban J connectivity index is 3.75. The maximum atomic E-state index is 8.83. The molecule has 74 valence electrons. The van der Waals surface area contributed by atoms with Crippen molar-refractivity contribution in [2.45, 2.75) is 18.3 Å². The lowest BCUT2D eigenvalue weighted by Gasteiger charge is -2.25. The molecule has 8 N–H and O–H groups in total. The second-order valence-electron chi connectivity index (χ2n) is 2.37. The first kappa shape index (κ1) is 11.7. The number of rotatable bonds is 5. The molecule has 0 saturated heterocycles. The fraction of sp³-hybridized carbons (Fsp3) is 1.00. The van der Waals surface area contributed by atoms with Gasteiger partial charge in [0.15, 0.2) is 0 Å². The molecule has 0 radical (unpaired) electrons. The van der Waals surface area contributed by atoms with Crippen LogP contribution in [0.4, 0.5) is 0 Å². The van der Waals surface area contributed by atoms with Crippen LogP contribution in [0.1, 0.15) is 0 Å². The summed E-state index contributed by atoms with van der Waals surface area (Å²) in [6.07, 6.45) is -3.31. The highest BCUT2D eigenvalue weighted by atomic mass is 16.6. The Kier molecular flexibility index (Phi) is 4.57. The molecule has 0 bridgehead atoms. The van der Waals surface area contributed by atoms with Crippen molar-refractivity contribution in [3.05, 3.63) is 0 Å². The Labute approximate surface area is 69.1 Å². The molecule has 0 aliphatic carbocycles. The van der Waals surface area contributed by atoms with Crippen molar-refractivity contribution in [1.82, 2.24) is 5.32 Å². The van der Waals surface area contributed by atoms with E-state index in [0.29, 0.717) is 0 Å². The van der Waals surface area contributed by atoms with E-state index in [1.165, 1.54) is 0 Å². The molecule has 0 aliphatic heterocycles. The molecule has 0 saturated carbocycles. The highest BCUT2D eigenvalue weighted by molar-refractivity contribution is 4.67. The summed E-state index contributed by atoms with van der Waals surface area (Å²) in [5, 5.41) is 44.9. The smallest absolute Gasteiger partial charge is 0.276 e. The fourth-order valence-electron chi connectivity index (χ4n) is 0.443. The van der Waals surface area contributed by atoms with Gasteiger partial charge in [-0.15, -0.1) is 0 Å². The molecule has 0 aliphatic rings. The van der Waals surface area contributed by atoms with E-state index >= 15 is 0 Å². The summed E-state index contributed by atoms with van der Waals surface area (Å²) >= 11 is 0. The second-order valence-corrected chi connectivity index (χ2v) is 2.37. The SMILES string of the molecule is NCC(O)CNC(O)(O)C(O)O. The average molecular weight is 182 g/mol. The van der Waals surface area contributed by atoms with Crippen LogP contribution in [0.15, 0.2) is 0 Å². The zero-order chi connectivity index (χ0) is 9.78. The Morgan fingerprint density at radius 3 is 2.08 bits per heavy atom. The summed E-state index contributed by atoms with van der Waals surface area (Å²) in [6.45, 7) is -0.314. The van der Waals surface area contributed by atoms with Gasteiger partial charge in [-0.1, -0.05) is 0 Å². The van der Waals surface area contributed by atoms with Gasteiger partial charge >= 0.3 is 0 Å². The van der Waals surface area contributed by atoms with Gasteiger partial charge in [0.2, 0.25) is 6.29 Å². The van der Waals surface area contributed by atoms with E-state index in [-0.39, 0.29) is 13.1 Å². The minimum atomic E-state index is -2.82. The molecule has 0 heterocycles. The predicted molar refractivity (Wildman–Crippen MR) is 38.5 cm³/mol. The molecule has 7 heteroatoms. The highest BCUT2D eigenvalue weighted by Gasteiger charge is 2.31. The second kappa shape index (κ2) is 4.67. The third-order valence-electron chi connectivity index (χ3n) is 1.23. The van der Waals surface area contributed by atoms with Crippen LogP contribution < -0.4 is 11.1 Å². The van der Waals surface area contributed by atoms with Gasteiger partial charge < -0.3 is 31.3 Å². The number of nitrogens with two attached hydrogens (primary N) is 1. The largest absolute Gasteiger partial charge is 0.390 e. The molecule has 0 aromatic heterocycles. The van der Waals surface area contributed by atoms with Crippen LogP contribution in [0.3, 0.4) is 0 Å². The monoisotopic (exact) mass is 182 g/mol. The van der Waals surface area contributed by atoms with Gasteiger partial charge in [-0.3, -0.25) is 5.32 Å². The van der Waals surface area contributed by atoms with Crippen molar-refractivity contribution in [3.8, 4) is 0 Å². The lowest BCUT2D eigenvalue weighted by molar-refractivity contribution is -0.306. The third-order valence-corrected chi connectivity index (χ3v) is 1.23. The van der Waals surface area contributed by atoms with E-state index in [9.17, 15) is 0 Å². The first-order valence-electron chi connectivity index (χ1n) is 3.34. The van der Waals surface area contributed by atoms with Crippen molar-refractivity contribution in [2.24, 2.45) is 5.73 Å². The maximum Gasteiger partial charge on any atom is 0.276 e. The average Bonchev–Trinajstić information content (AvgIpc) is 2.00. The topological polar surface area (TPSA) is 139 Å². The molecule has 12 heavy (non-hydrogen) atoms. The number of hydrogen-bond acceptors (Lipinski definition) is 7. The van der Waals surface area contributed by atoms with Crippen LogP contribution in [0.25, 0.3) is 0 Å². The summed E-state index contributed by atoms with van der Waals surface area (Å²) in [5.41, 5.74) is 5.00. The Hall–Kier alpha value is -0.280. The number of aliphatic hydroxyl groups is 5. The van der Waals surface area contributed by atoms with Gasteiger partial charge in [-0.25, -0.2) is 0 Å².